The van der Waals surface area contributed by atoms with Gasteiger partial charge in [-0.1, -0.05) is 23.5 Å². The average molecular weight is 435 g/mol. The number of anilines is 1. The number of fused-ring (bicyclic) bond motifs is 2. The third-order valence-electron chi connectivity index (χ3n) is 5.21. The highest BCUT2D eigenvalue weighted by Crippen LogP contribution is 2.42. The molecule has 1 unspecified atom stereocenters. The zero-order valence-corrected chi connectivity index (χ0v) is 17.7. The summed E-state index contributed by atoms with van der Waals surface area (Å²) >= 11 is 1.27. The number of ether oxygens (including phenoxy) is 2. The molecule has 2 aromatic heterocycles. The van der Waals surface area contributed by atoms with Gasteiger partial charge in [-0.2, -0.15) is 0 Å². The molecule has 1 atom stereocenters. The highest BCUT2D eigenvalue weighted by atomic mass is 32.1. The van der Waals surface area contributed by atoms with Crippen LogP contribution in [0.3, 0.4) is 0 Å². The van der Waals surface area contributed by atoms with Gasteiger partial charge in [0, 0.05) is 6.07 Å². The number of carbonyl (C=O) groups excluding carboxylic acids is 1. The van der Waals surface area contributed by atoms with Gasteiger partial charge in [0.15, 0.2) is 5.43 Å². The molecule has 0 radical (unpaired) electrons. The van der Waals surface area contributed by atoms with Crippen molar-refractivity contribution in [3.8, 4) is 11.5 Å². The van der Waals surface area contributed by atoms with Crippen LogP contribution in [0, 0.1) is 6.92 Å². The number of rotatable bonds is 4. The minimum atomic E-state index is -0.715. The second kappa shape index (κ2) is 7.21. The number of hydrogen-bond acceptors (Lipinski definition) is 8. The summed E-state index contributed by atoms with van der Waals surface area (Å²) in [5.74, 6) is 0.691. The maximum atomic E-state index is 13.5. The summed E-state index contributed by atoms with van der Waals surface area (Å²) in [7, 11) is 3.09. The van der Waals surface area contributed by atoms with Gasteiger partial charge >= 0.3 is 0 Å². The third kappa shape index (κ3) is 2.97. The zero-order chi connectivity index (χ0) is 21.7. The van der Waals surface area contributed by atoms with Gasteiger partial charge in [0.25, 0.3) is 5.91 Å². The van der Waals surface area contributed by atoms with Crippen molar-refractivity contribution < 1.29 is 18.7 Å². The summed E-state index contributed by atoms with van der Waals surface area (Å²) in [6, 6.07) is 11.5. The SMILES string of the molecule is COc1cccc(C2c3c(oc4cc(OC)ccc4c3=O)C(=O)N2c2nnc(C)s2)c1. The van der Waals surface area contributed by atoms with Crippen LogP contribution in [0.2, 0.25) is 0 Å². The number of nitrogens with zero attached hydrogens (tertiary/aromatic N) is 3. The Hall–Kier alpha value is -3.72. The van der Waals surface area contributed by atoms with Crippen LogP contribution >= 0.6 is 11.3 Å². The van der Waals surface area contributed by atoms with Crippen molar-refractivity contribution in [3.63, 3.8) is 0 Å². The Morgan fingerprint density at radius 3 is 2.52 bits per heavy atom. The first-order chi connectivity index (χ1) is 15.0. The second-order valence-corrected chi connectivity index (χ2v) is 8.15. The number of methoxy groups -OCH3 is 2. The van der Waals surface area contributed by atoms with Crippen LogP contribution in [0.1, 0.15) is 32.7 Å². The van der Waals surface area contributed by atoms with E-state index in [2.05, 4.69) is 10.2 Å². The first-order valence-electron chi connectivity index (χ1n) is 9.44. The van der Waals surface area contributed by atoms with E-state index < -0.39 is 11.9 Å². The number of amides is 1. The smallest absolute Gasteiger partial charge is 0.297 e. The second-order valence-electron chi connectivity index (χ2n) is 6.99. The largest absolute Gasteiger partial charge is 0.497 e. The van der Waals surface area contributed by atoms with Gasteiger partial charge < -0.3 is 13.9 Å². The Bertz CT molecular complexity index is 1390. The van der Waals surface area contributed by atoms with Crippen molar-refractivity contribution in [3.05, 3.63) is 74.6 Å². The fourth-order valence-electron chi connectivity index (χ4n) is 3.79. The van der Waals surface area contributed by atoms with Gasteiger partial charge in [-0.25, -0.2) is 0 Å². The lowest BCUT2D eigenvalue weighted by molar-refractivity contribution is 0.0970. The first-order valence-corrected chi connectivity index (χ1v) is 10.3. The van der Waals surface area contributed by atoms with Crippen LogP contribution in [0.4, 0.5) is 5.13 Å². The van der Waals surface area contributed by atoms with E-state index in [1.165, 1.54) is 23.3 Å². The van der Waals surface area contributed by atoms with Crippen molar-refractivity contribution in [1.82, 2.24) is 10.2 Å². The van der Waals surface area contributed by atoms with Gasteiger partial charge in [-0.15, -0.1) is 10.2 Å². The molecule has 9 heteroatoms. The van der Waals surface area contributed by atoms with Crippen molar-refractivity contribution in [2.45, 2.75) is 13.0 Å². The van der Waals surface area contributed by atoms with Gasteiger partial charge in [-0.3, -0.25) is 14.5 Å². The van der Waals surface area contributed by atoms with Gasteiger partial charge in [0.1, 0.15) is 22.1 Å². The van der Waals surface area contributed by atoms with Gasteiger partial charge in [0.05, 0.1) is 31.2 Å². The molecule has 1 aliphatic heterocycles. The Morgan fingerprint density at radius 2 is 1.81 bits per heavy atom. The zero-order valence-electron chi connectivity index (χ0n) is 16.9. The third-order valence-corrected chi connectivity index (χ3v) is 6.05. The molecule has 3 heterocycles. The van der Waals surface area contributed by atoms with E-state index in [4.69, 9.17) is 13.9 Å². The van der Waals surface area contributed by atoms with Crippen LogP contribution < -0.4 is 19.8 Å². The van der Waals surface area contributed by atoms with E-state index in [9.17, 15) is 9.59 Å². The van der Waals surface area contributed by atoms with E-state index in [1.54, 1.807) is 44.4 Å². The van der Waals surface area contributed by atoms with Crippen LogP contribution in [-0.4, -0.2) is 30.3 Å². The quantitative estimate of drug-likeness (QED) is 0.482. The van der Waals surface area contributed by atoms with Crippen LogP contribution in [0.5, 0.6) is 11.5 Å². The number of benzene rings is 2. The molecule has 0 saturated heterocycles. The van der Waals surface area contributed by atoms with Crippen molar-refractivity contribution in [1.29, 1.82) is 0 Å². The Morgan fingerprint density at radius 1 is 1.03 bits per heavy atom. The lowest BCUT2D eigenvalue weighted by Gasteiger charge is -2.22. The predicted octanol–water partition coefficient (Wildman–Crippen LogP) is 3.72. The molecule has 0 spiro atoms. The topological polar surface area (TPSA) is 94.8 Å². The molecule has 31 heavy (non-hydrogen) atoms. The molecular formula is C22H17N3O5S. The molecule has 4 aromatic rings. The van der Waals surface area contributed by atoms with Crippen molar-refractivity contribution >= 4 is 33.3 Å². The molecular weight excluding hydrogens is 418 g/mol. The molecule has 156 valence electrons. The molecule has 5 rings (SSSR count). The molecule has 2 aromatic carbocycles. The summed E-state index contributed by atoms with van der Waals surface area (Å²) < 4.78 is 16.5. The van der Waals surface area contributed by atoms with E-state index >= 15 is 0 Å². The Kier molecular flexibility index (Phi) is 4.48. The lowest BCUT2D eigenvalue weighted by atomic mass is 9.98. The molecule has 0 aliphatic carbocycles. The number of aromatic nitrogens is 2. The minimum Gasteiger partial charge on any atom is -0.497 e. The summed E-state index contributed by atoms with van der Waals surface area (Å²) in [6.45, 7) is 1.80. The standard InChI is InChI=1S/C22H17N3O5S/c1-11-23-24-22(31-11)25-18(12-5-4-6-13(9-12)28-2)17-19(26)15-8-7-14(29-3)10-16(15)30-20(17)21(25)27/h4-10,18H,1-3H3. The lowest BCUT2D eigenvalue weighted by Crippen LogP contribution is -2.29. The van der Waals surface area contributed by atoms with Gasteiger partial charge in [0.2, 0.25) is 10.9 Å². The average Bonchev–Trinajstić information content (AvgIpc) is 3.34. The van der Waals surface area contributed by atoms with E-state index in [0.717, 1.165) is 0 Å². The minimum absolute atomic E-state index is 0.00794. The van der Waals surface area contributed by atoms with Crippen molar-refractivity contribution in [2.24, 2.45) is 0 Å². The highest BCUT2D eigenvalue weighted by molar-refractivity contribution is 7.15. The number of hydrogen-bond donors (Lipinski definition) is 0. The predicted molar refractivity (Wildman–Crippen MR) is 115 cm³/mol. The summed E-state index contributed by atoms with van der Waals surface area (Å²) in [4.78, 5) is 28.5. The van der Waals surface area contributed by atoms with Crippen molar-refractivity contribution in [2.75, 3.05) is 19.1 Å². The normalized spacial score (nSPS) is 15.4. The Labute approximate surface area is 180 Å². The molecule has 0 N–H and O–H groups in total. The number of carbonyl (C=O) groups is 1. The molecule has 0 fully saturated rings. The van der Waals surface area contributed by atoms with Gasteiger partial charge in [-0.05, 0) is 36.8 Å². The van der Waals surface area contributed by atoms with Crippen LogP contribution in [-0.2, 0) is 0 Å². The van der Waals surface area contributed by atoms with E-state index in [-0.39, 0.29) is 22.3 Å². The fraction of sp³-hybridized carbons (Fsp3) is 0.182. The number of aryl methyl sites for hydroxylation is 1. The van der Waals surface area contributed by atoms with E-state index in [0.29, 0.717) is 32.6 Å². The van der Waals surface area contributed by atoms with E-state index in [1.807, 2.05) is 12.1 Å². The highest BCUT2D eigenvalue weighted by Gasteiger charge is 2.45. The Balaban J connectivity index is 1.80. The van der Waals surface area contributed by atoms with Crippen LogP contribution in [0.25, 0.3) is 11.0 Å². The fourth-order valence-corrected chi connectivity index (χ4v) is 4.50. The molecule has 1 amide bonds. The maximum Gasteiger partial charge on any atom is 0.297 e. The molecule has 1 aliphatic rings. The monoisotopic (exact) mass is 435 g/mol. The molecule has 0 bridgehead atoms. The summed E-state index contributed by atoms with van der Waals surface area (Å²) in [6.07, 6.45) is 0. The van der Waals surface area contributed by atoms with Crippen LogP contribution in [0.15, 0.2) is 51.7 Å². The summed E-state index contributed by atoms with van der Waals surface area (Å²) in [5, 5.41) is 9.67. The first kappa shape index (κ1) is 19.3. The maximum absolute atomic E-state index is 13.5. The summed E-state index contributed by atoms with van der Waals surface area (Å²) in [5.41, 5.74) is 0.989. The molecule has 8 nitrogen and oxygen atoms in total. The molecule has 0 saturated carbocycles.